The molecule has 0 radical (unpaired) electrons. The molecule has 2 heterocycles. The molecular formula is C16H17N3OS. The Bertz CT molecular complexity index is 679. The lowest BCUT2D eigenvalue weighted by Gasteiger charge is -2.16. The molecule has 4 nitrogen and oxygen atoms in total. The Hall–Kier alpha value is -1.98. The number of aromatic nitrogens is 2. The van der Waals surface area contributed by atoms with Crippen LogP contribution in [-0.2, 0) is 0 Å². The van der Waals surface area contributed by atoms with Crippen LogP contribution in [0.25, 0.3) is 11.5 Å². The van der Waals surface area contributed by atoms with E-state index in [-0.39, 0.29) is 12.1 Å². The van der Waals surface area contributed by atoms with Crippen molar-refractivity contribution in [2.75, 3.05) is 0 Å². The van der Waals surface area contributed by atoms with Gasteiger partial charge in [0.1, 0.15) is 0 Å². The third-order valence-corrected chi connectivity index (χ3v) is 4.37. The monoisotopic (exact) mass is 299 g/mol. The Morgan fingerprint density at radius 2 is 1.86 bits per heavy atom. The van der Waals surface area contributed by atoms with Crippen LogP contribution in [0.4, 0.5) is 0 Å². The van der Waals surface area contributed by atoms with Gasteiger partial charge in [-0.3, -0.25) is 5.32 Å². The number of nitrogens with zero attached hydrogens (tertiary/aromatic N) is 2. The zero-order chi connectivity index (χ0) is 14.7. The lowest BCUT2D eigenvalue weighted by molar-refractivity contribution is 0.401. The van der Waals surface area contributed by atoms with E-state index >= 15 is 0 Å². The Labute approximate surface area is 127 Å². The average molecular weight is 299 g/mol. The van der Waals surface area contributed by atoms with Gasteiger partial charge in [0.05, 0.1) is 6.04 Å². The van der Waals surface area contributed by atoms with E-state index in [9.17, 15) is 0 Å². The third kappa shape index (κ3) is 3.20. The highest BCUT2D eigenvalue weighted by Gasteiger charge is 2.17. The van der Waals surface area contributed by atoms with Crippen LogP contribution in [0.15, 0.2) is 52.4 Å². The molecule has 21 heavy (non-hydrogen) atoms. The van der Waals surface area contributed by atoms with Crippen molar-refractivity contribution in [3.63, 3.8) is 0 Å². The molecule has 3 aromatic rings. The Morgan fingerprint density at radius 3 is 2.57 bits per heavy atom. The van der Waals surface area contributed by atoms with Gasteiger partial charge in [-0.1, -0.05) is 29.4 Å². The molecule has 2 atom stereocenters. The van der Waals surface area contributed by atoms with Crippen molar-refractivity contribution in [3.8, 4) is 11.5 Å². The maximum atomic E-state index is 5.35. The Morgan fingerprint density at radius 1 is 1.05 bits per heavy atom. The minimum atomic E-state index is 0.0308. The van der Waals surface area contributed by atoms with Crippen LogP contribution in [0.2, 0.25) is 0 Å². The summed E-state index contributed by atoms with van der Waals surface area (Å²) in [4.78, 5) is 5.78. The number of nitrogens with one attached hydrogen (secondary N) is 1. The van der Waals surface area contributed by atoms with Gasteiger partial charge in [-0.25, -0.2) is 0 Å². The number of rotatable bonds is 5. The molecule has 2 aromatic heterocycles. The fourth-order valence-electron chi connectivity index (χ4n) is 2.18. The van der Waals surface area contributed by atoms with Crippen LogP contribution in [0.3, 0.4) is 0 Å². The topological polar surface area (TPSA) is 51.0 Å². The Kier molecular flexibility index (Phi) is 4.13. The molecule has 0 aliphatic carbocycles. The van der Waals surface area contributed by atoms with Gasteiger partial charge in [-0.2, -0.15) is 4.98 Å². The first kappa shape index (κ1) is 14.0. The Balaban J connectivity index is 1.71. The summed E-state index contributed by atoms with van der Waals surface area (Å²) >= 11 is 1.74. The predicted octanol–water partition coefficient (Wildman–Crippen LogP) is 4.21. The van der Waals surface area contributed by atoms with Crippen molar-refractivity contribution in [3.05, 3.63) is 58.5 Å². The van der Waals surface area contributed by atoms with E-state index in [0.717, 1.165) is 5.56 Å². The molecule has 0 bridgehead atoms. The molecule has 1 aromatic carbocycles. The second kappa shape index (κ2) is 6.20. The summed E-state index contributed by atoms with van der Waals surface area (Å²) in [5, 5.41) is 9.65. The molecule has 5 heteroatoms. The first-order chi connectivity index (χ1) is 10.2. The maximum absolute atomic E-state index is 5.35. The van der Waals surface area contributed by atoms with Gasteiger partial charge in [-0.05, 0) is 37.4 Å². The number of benzene rings is 1. The molecule has 0 saturated heterocycles. The number of thiophene rings is 1. The van der Waals surface area contributed by atoms with Crippen molar-refractivity contribution in [2.45, 2.75) is 25.9 Å². The summed E-state index contributed by atoms with van der Waals surface area (Å²) in [7, 11) is 0. The fourth-order valence-corrected chi connectivity index (χ4v) is 2.92. The van der Waals surface area contributed by atoms with Gasteiger partial charge < -0.3 is 4.52 Å². The van der Waals surface area contributed by atoms with Crippen molar-refractivity contribution in [2.24, 2.45) is 0 Å². The normalized spacial score (nSPS) is 14.0. The molecular weight excluding hydrogens is 282 g/mol. The summed E-state index contributed by atoms with van der Waals surface area (Å²) in [5.41, 5.74) is 0.940. The van der Waals surface area contributed by atoms with Crippen LogP contribution in [0.5, 0.6) is 0 Å². The quantitative estimate of drug-likeness (QED) is 0.766. The van der Waals surface area contributed by atoms with Crippen LogP contribution < -0.4 is 5.32 Å². The first-order valence-electron chi connectivity index (χ1n) is 6.92. The van der Waals surface area contributed by atoms with E-state index in [1.807, 2.05) is 37.3 Å². The van der Waals surface area contributed by atoms with Gasteiger partial charge in [0.25, 0.3) is 5.89 Å². The second-order valence-corrected chi connectivity index (χ2v) is 5.93. The van der Waals surface area contributed by atoms with Gasteiger partial charge >= 0.3 is 0 Å². The van der Waals surface area contributed by atoms with Crippen LogP contribution in [0, 0.1) is 0 Å². The van der Waals surface area contributed by atoms with Gasteiger partial charge in [0, 0.05) is 16.5 Å². The predicted molar refractivity (Wildman–Crippen MR) is 84.0 cm³/mol. The van der Waals surface area contributed by atoms with E-state index < -0.39 is 0 Å². The first-order valence-corrected chi connectivity index (χ1v) is 7.80. The standard InChI is InChI=1S/C16H17N3OS/c1-11(14-9-6-10-21-14)17-12(2)15-18-16(20-19-15)13-7-4-3-5-8-13/h3-12,17H,1-2H3. The zero-order valence-corrected chi connectivity index (χ0v) is 12.8. The van der Waals surface area contributed by atoms with Crippen molar-refractivity contribution >= 4 is 11.3 Å². The number of hydrogen-bond donors (Lipinski definition) is 1. The summed E-state index contributed by atoms with van der Waals surface area (Å²) in [6.07, 6.45) is 0. The molecule has 0 aliphatic rings. The lowest BCUT2D eigenvalue weighted by atomic mass is 10.2. The summed E-state index contributed by atoms with van der Waals surface area (Å²) in [6.45, 7) is 4.18. The summed E-state index contributed by atoms with van der Waals surface area (Å²) < 4.78 is 5.35. The van der Waals surface area contributed by atoms with Gasteiger partial charge in [-0.15, -0.1) is 11.3 Å². The van der Waals surface area contributed by atoms with Crippen LogP contribution in [-0.4, -0.2) is 10.1 Å². The van der Waals surface area contributed by atoms with E-state index in [2.05, 4.69) is 39.9 Å². The molecule has 0 saturated carbocycles. The van der Waals surface area contributed by atoms with Crippen molar-refractivity contribution in [1.82, 2.24) is 15.5 Å². The molecule has 0 amide bonds. The van der Waals surface area contributed by atoms with Crippen molar-refractivity contribution in [1.29, 1.82) is 0 Å². The lowest BCUT2D eigenvalue weighted by Crippen LogP contribution is -2.22. The average Bonchev–Trinajstić information content (AvgIpc) is 3.20. The van der Waals surface area contributed by atoms with E-state index in [1.54, 1.807) is 11.3 Å². The third-order valence-electron chi connectivity index (χ3n) is 3.32. The molecule has 0 aliphatic heterocycles. The highest BCUT2D eigenvalue weighted by Crippen LogP contribution is 2.23. The minimum Gasteiger partial charge on any atom is -0.334 e. The molecule has 1 N–H and O–H groups in total. The van der Waals surface area contributed by atoms with E-state index in [0.29, 0.717) is 11.7 Å². The maximum Gasteiger partial charge on any atom is 0.257 e. The van der Waals surface area contributed by atoms with Crippen LogP contribution in [0.1, 0.15) is 36.6 Å². The van der Waals surface area contributed by atoms with Crippen molar-refractivity contribution < 1.29 is 4.52 Å². The van der Waals surface area contributed by atoms with E-state index in [1.165, 1.54) is 4.88 Å². The highest BCUT2D eigenvalue weighted by atomic mass is 32.1. The van der Waals surface area contributed by atoms with E-state index in [4.69, 9.17) is 4.52 Å². The fraction of sp³-hybridized carbons (Fsp3) is 0.250. The molecule has 3 rings (SSSR count). The molecule has 2 unspecified atom stereocenters. The highest BCUT2D eigenvalue weighted by molar-refractivity contribution is 7.10. The smallest absolute Gasteiger partial charge is 0.257 e. The zero-order valence-electron chi connectivity index (χ0n) is 12.0. The number of hydrogen-bond acceptors (Lipinski definition) is 5. The SMILES string of the molecule is CC(NC(C)c1cccs1)c1noc(-c2ccccc2)n1. The summed E-state index contributed by atoms with van der Waals surface area (Å²) in [5.74, 6) is 1.24. The molecule has 0 spiro atoms. The summed E-state index contributed by atoms with van der Waals surface area (Å²) in [6, 6.07) is 14.3. The molecule has 108 valence electrons. The largest absolute Gasteiger partial charge is 0.334 e. The van der Waals surface area contributed by atoms with Gasteiger partial charge in [0.2, 0.25) is 0 Å². The second-order valence-electron chi connectivity index (χ2n) is 4.95. The molecule has 0 fully saturated rings. The minimum absolute atomic E-state index is 0.0308. The van der Waals surface area contributed by atoms with Crippen LogP contribution >= 0.6 is 11.3 Å². The van der Waals surface area contributed by atoms with Gasteiger partial charge in [0.15, 0.2) is 5.82 Å².